The molecule has 5 atom stereocenters. The zero-order valence-electron chi connectivity index (χ0n) is 18.9. The van der Waals surface area contributed by atoms with Gasteiger partial charge in [-0.3, -0.25) is 19.1 Å². The van der Waals surface area contributed by atoms with Gasteiger partial charge in [-0.25, -0.2) is 8.93 Å². The van der Waals surface area contributed by atoms with Crippen LogP contribution < -0.4 is 20.5 Å². The molecule has 0 aromatic heterocycles. The van der Waals surface area contributed by atoms with E-state index in [2.05, 4.69) is 21.6 Å². The van der Waals surface area contributed by atoms with Crippen molar-refractivity contribution in [2.45, 2.75) is 37.8 Å². The van der Waals surface area contributed by atoms with Crippen molar-refractivity contribution in [3.05, 3.63) is 53.3 Å². The van der Waals surface area contributed by atoms with Crippen LogP contribution in [0.1, 0.15) is 31.2 Å². The number of aliphatic imine (C=N–C) groups is 1. The SMILES string of the molecule is C=C1C(CNC=O)=C(N2CCC(NS(=O)O)C[C@@H](C3COc4ccccc43)C2=O)C(N)=NC1C. The lowest BCUT2D eigenvalue weighted by molar-refractivity contribution is -0.133. The number of likely N-dealkylation sites (tertiary alicyclic amines) is 1. The van der Waals surface area contributed by atoms with Gasteiger partial charge < -0.3 is 20.7 Å². The molecular formula is C23H29N5O5S. The fourth-order valence-corrected chi connectivity index (χ4v) is 5.50. The molecule has 34 heavy (non-hydrogen) atoms. The number of ether oxygens (including phenoxy) is 1. The van der Waals surface area contributed by atoms with Gasteiger partial charge in [-0.1, -0.05) is 24.8 Å². The number of hydrogen-bond donors (Lipinski definition) is 4. The standard InChI is InChI=1S/C23H29N5O5S/c1-13-14(2)26-22(24)21(18(13)10-25-12-29)28-8-7-15(27-34(31)32)9-17(23(28)30)19-11-33-20-6-4-3-5-16(19)20/h3-6,12,14-15,17,19,27H,1,7-11H2,2H3,(H2,24,26)(H,25,29)(H,31,32)/t14?,15?,17-,19?/m0/s1. The van der Waals surface area contributed by atoms with Crippen molar-refractivity contribution in [3.8, 4) is 5.75 Å². The van der Waals surface area contributed by atoms with Gasteiger partial charge in [0.25, 0.3) is 0 Å². The summed E-state index contributed by atoms with van der Waals surface area (Å²) < 4.78 is 29.5. The summed E-state index contributed by atoms with van der Waals surface area (Å²) >= 11 is -2.22. The summed E-state index contributed by atoms with van der Waals surface area (Å²) in [5.41, 5.74) is 9.04. The van der Waals surface area contributed by atoms with E-state index in [1.54, 1.807) is 4.90 Å². The molecule has 5 N–H and O–H groups in total. The molecule has 3 aliphatic heterocycles. The first-order chi connectivity index (χ1) is 16.3. The fraction of sp³-hybridized carbons (Fsp3) is 0.435. The van der Waals surface area contributed by atoms with E-state index in [0.29, 0.717) is 42.7 Å². The molecule has 1 aromatic rings. The van der Waals surface area contributed by atoms with E-state index in [1.165, 1.54) is 0 Å². The molecule has 2 amide bonds. The molecular weight excluding hydrogens is 458 g/mol. The van der Waals surface area contributed by atoms with Crippen LogP contribution in [-0.2, 0) is 20.9 Å². The van der Waals surface area contributed by atoms with Crippen LogP contribution in [0.4, 0.5) is 0 Å². The van der Waals surface area contributed by atoms with Gasteiger partial charge in [0.15, 0.2) is 0 Å². The second-order valence-electron chi connectivity index (χ2n) is 8.68. The van der Waals surface area contributed by atoms with Gasteiger partial charge in [0, 0.05) is 36.2 Å². The molecule has 0 spiro atoms. The first-order valence-electron chi connectivity index (χ1n) is 11.1. The fourth-order valence-electron chi connectivity index (χ4n) is 5.00. The number of dihydropyridines is 1. The normalized spacial score (nSPS) is 28.1. The molecule has 0 radical (unpaired) electrons. The van der Waals surface area contributed by atoms with Gasteiger partial charge in [0.2, 0.25) is 23.6 Å². The van der Waals surface area contributed by atoms with Crippen molar-refractivity contribution >= 4 is 29.4 Å². The van der Waals surface area contributed by atoms with Crippen LogP contribution in [0.5, 0.6) is 5.75 Å². The van der Waals surface area contributed by atoms with Crippen LogP contribution in [0.15, 0.2) is 52.7 Å². The van der Waals surface area contributed by atoms with Crippen molar-refractivity contribution < 1.29 is 23.1 Å². The predicted octanol–water partition coefficient (Wildman–Crippen LogP) is 0.812. The van der Waals surface area contributed by atoms with E-state index in [1.807, 2.05) is 31.2 Å². The molecule has 3 heterocycles. The highest BCUT2D eigenvalue weighted by Crippen LogP contribution is 2.42. The van der Waals surface area contributed by atoms with Crippen molar-refractivity contribution in [1.29, 1.82) is 0 Å². The summed E-state index contributed by atoms with van der Waals surface area (Å²) in [6, 6.07) is 6.94. The first-order valence-corrected chi connectivity index (χ1v) is 12.3. The van der Waals surface area contributed by atoms with Crippen molar-refractivity contribution in [3.63, 3.8) is 0 Å². The molecule has 182 valence electrons. The van der Waals surface area contributed by atoms with E-state index in [0.717, 1.165) is 11.3 Å². The minimum atomic E-state index is -2.22. The maximum Gasteiger partial charge on any atom is 0.231 e. The number of rotatable bonds is 7. The maximum atomic E-state index is 14.1. The molecule has 4 unspecified atom stereocenters. The number of amides is 2. The molecule has 10 nitrogen and oxygen atoms in total. The lowest BCUT2D eigenvalue weighted by Crippen LogP contribution is -2.44. The lowest BCUT2D eigenvalue weighted by atomic mass is 9.82. The average molecular weight is 488 g/mol. The Kier molecular flexibility index (Phi) is 7.15. The Bertz CT molecular complexity index is 1090. The van der Waals surface area contributed by atoms with Crippen LogP contribution in [-0.4, -0.2) is 63.6 Å². The second kappa shape index (κ2) is 10.1. The van der Waals surface area contributed by atoms with Gasteiger partial charge in [0.05, 0.1) is 24.3 Å². The Labute approximate surface area is 200 Å². The van der Waals surface area contributed by atoms with Gasteiger partial charge >= 0.3 is 0 Å². The summed E-state index contributed by atoms with van der Waals surface area (Å²) in [5.74, 6) is 0.0249. The molecule has 1 fully saturated rings. The second-order valence-corrected chi connectivity index (χ2v) is 9.42. The van der Waals surface area contributed by atoms with Crippen LogP contribution >= 0.6 is 0 Å². The number of nitrogens with zero attached hydrogens (tertiary/aromatic N) is 2. The van der Waals surface area contributed by atoms with E-state index < -0.39 is 17.2 Å². The van der Waals surface area contributed by atoms with Crippen molar-refractivity contribution in [1.82, 2.24) is 14.9 Å². The molecule has 1 saturated heterocycles. The van der Waals surface area contributed by atoms with Gasteiger partial charge in [-0.15, -0.1) is 0 Å². The molecule has 0 aliphatic carbocycles. The van der Waals surface area contributed by atoms with Gasteiger partial charge in [-0.2, -0.15) is 0 Å². The minimum absolute atomic E-state index is 0.157. The predicted molar refractivity (Wildman–Crippen MR) is 128 cm³/mol. The van der Waals surface area contributed by atoms with E-state index in [4.69, 9.17) is 10.5 Å². The number of nitrogens with two attached hydrogens (primary N) is 1. The monoisotopic (exact) mass is 487 g/mol. The smallest absolute Gasteiger partial charge is 0.231 e. The topological polar surface area (TPSA) is 146 Å². The van der Waals surface area contributed by atoms with E-state index in [-0.39, 0.29) is 42.8 Å². The largest absolute Gasteiger partial charge is 0.493 e. The Morgan fingerprint density at radius 3 is 2.88 bits per heavy atom. The Morgan fingerprint density at radius 2 is 2.15 bits per heavy atom. The Hall–Kier alpha value is -3.02. The molecule has 11 heteroatoms. The molecule has 0 saturated carbocycles. The zero-order chi connectivity index (χ0) is 24.4. The molecule has 1 aromatic carbocycles. The van der Waals surface area contributed by atoms with Crippen LogP contribution in [0.25, 0.3) is 0 Å². The quantitative estimate of drug-likeness (QED) is 0.331. The average Bonchev–Trinajstić information content (AvgIpc) is 3.16. The number of carbonyl (C=O) groups excluding carboxylic acids is 2. The highest BCUT2D eigenvalue weighted by molar-refractivity contribution is 7.77. The summed E-state index contributed by atoms with van der Waals surface area (Å²) in [6.45, 7) is 6.72. The number of nitrogens with one attached hydrogen (secondary N) is 2. The summed E-state index contributed by atoms with van der Waals surface area (Å²) in [4.78, 5) is 31.2. The van der Waals surface area contributed by atoms with Crippen LogP contribution in [0.2, 0.25) is 0 Å². The van der Waals surface area contributed by atoms with Gasteiger partial charge in [-0.05, 0) is 31.4 Å². The third-order valence-electron chi connectivity index (χ3n) is 6.70. The number of amidine groups is 1. The summed E-state index contributed by atoms with van der Waals surface area (Å²) in [5, 5.41) is 2.65. The lowest BCUT2D eigenvalue weighted by Gasteiger charge is -2.34. The Morgan fingerprint density at radius 1 is 1.38 bits per heavy atom. The number of hydrogen-bond acceptors (Lipinski definition) is 6. The molecule has 3 aliphatic rings. The summed E-state index contributed by atoms with van der Waals surface area (Å²) in [6.07, 6.45) is 1.37. The molecule has 4 rings (SSSR count). The number of fused-ring (bicyclic) bond motifs is 1. The maximum absolute atomic E-state index is 14.1. The number of benzene rings is 1. The highest BCUT2D eigenvalue weighted by Gasteiger charge is 2.43. The third-order valence-corrected chi connectivity index (χ3v) is 7.23. The molecule has 0 bridgehead atoms. The van der Waals surface area contributed by atoms with Crippen LogP contribution in [0, 0.1) is 5.92 Å². The first kappa shape index (κ1) is 24.1. The van der Waals surface area contributed by atoms with E-state index in [9.17, 15) is 18.4 Å². The van der Waals surface area contributed by atoms with Crippen LogP contribution in [0.3, 0.4) is 0 Å². The Balaban J connectivity index is 1.76. The third kappa shape index (κ3) is 4.63. The van der Waals surface area contributed by atoms with Crippen molar-refractivity contribution in [2.24, 2.45) is 16.6 Å². The summed E-state index contributed by atoms with van der Waals surface area (Å²) in [7, 11) is 0. The zero-order valence-corrected chi connectivity index (χ0v) is 19.7. The van der Waals surface area contributed by atoms with E-state index >= 15 is 0 Å². The number of carbonyl (C=O) groups is 2. The minimum Gasteiger partial charge on any atom is -0.493 e. The number of para-hydroxylation sites is 1. The van der Waals surface area contributed by atoms with Crippen molar-refractivity contribution in [2.75, 3.05) is 19.7 Å². The highest BCUT2D eigenvalue weighted by atomic mass is 32.2. The van der Waals surface area contributed by atoms with Gasteiger partial charge in [0.1, 0.15) is 11.6 Å².